The van der Waals surface area contributed by atoms with E-state index >= 15 is 0 Å². The number of nitrogens with one attached hydrogen (secondary N) is 1. The summed E-state index contributed by atoms with van der Waals surface area (Å²) in [7, 11) is 3.61. The molecule has 1 atom stereocenters. The van der Waals surface area contributed by atoms with Gasteiger partial charge in [-0.2, -0.15) is 5.10 Å². The van der Waals surface area contributed by atoms with Crippen molar-refractivity contribution in [1.82, 2.24) is 15.1 Å². The lowest BCUT2D eigenvalue weighted by Crippen LogP contribution is -2.33. The number of methoxy groups -OCH3 is 1. The Balaban J connectivity index is 2.32. The monoisotopic (exact) mass is 231 g/mol. The third-order valence-corrected chi connectivity index (χ3v) is 2.38. The van der Waals surface area contributed by atoms with Crippen molar-refractivity contribution >= 4 is 11.6 Å². The highest BCUT2D eigenvalue weighted by atomic mass is 35.5. The number of hydrogen-bond donors (Lipinski definition) is 1. The van der Waals surface area contributed by atoms with Crippen LogP contribution in [-0.4, -0.2) is 35.4 Å². The van der Waals surface area contributed by atoms with Gasteiger partial charge in [0.25, 0.3) is 0 Å². The zero-order valence-corrected chi connectivity index (χ0v) is 10.00. The maximum atomic E-state index is 5.70. The molecule has 0 saturated heterocycles. The van der Waals surface area contributed by atoms with Crippen LogP contribution in [0.15, 0.2) is 12.3 Å². The van der Waals surface area contributed by atoms with E-state index in [1.165, 1.54) is 0 Å². The van der Waals surface area contributed by atoms with Gasteiger partial charge in [0.1, 0.15) is 0 Å². The fourth-order valence-corrected chi connectivity index (χ4v) is 1.65. The second-order valence-corrected chi connectivity index (χ2v) is 3.87. The summed E-state index contributed by atoms with van der Waals surface area (Å²) < 4.78 is 6.90. The molecule has 86 valence electrons. The molecule has 0 spiro atoms. The maximum Gasteiger partial charge on any atom is 0.0762 e. The van der Waals surface area contributed by atoms with Crippen LogP contribution in [0.4, 0.5) is 0 Å². The van der Waals surface area contributed by atoms with Crippen LogP contribution in [0.5, 0.6) is 0 Å². The van der Waals surface area contributed by atoms with E-state index in [0.29, 0.717) is 18.5 Å². The van der Waals surface area contributed by atoms with Gasteiger partial charge in [0, 0.05) is 38.8 Å². The summed E-state index contributed by atoms with van der Waals surface area (Å²) in [6.45, 7) is 1.44. The summed E-state index contributed by atoms with van der Waals surface area (Å²) in [6, 6.07) is 2.30. The Bertz CT molecular complexity index is 271. The van der Waals surface area contributed by atoms with Crippen molar-refractivity contribution in [2.45, 2.75) is 19.0 Å². The van der Waals surface area contributed by atoms with Gasteiger partial charge in [-0.1, -0.05) is 0 Å². The molecule has 4 nitrogen and oxygen atoms in total. The van der Waals surface area contributed by atoms with E-state index in [-0.39, 0.29) is 0 Å². The molecule has 0 saturated carbocycles. The van der Waals surface area contributed by atoms with E-state index in [4.69, 9.17) is 16.3 Å². The summed E-state index contributed by atoms with van der Waals surface area (Å²) in [5.41, 5.74) is 1.04. The highest BCUT2D eigenvalue weighted by Gasteiger charge is 2.07. The Morgan fingerprint density at radius 3 is 3.00 bits per heavy atom. The van der Waals surface area contributed by atoms with Crippen molar-refractivity contribution in [3.05, 3.63) is 18.0 Å². The zero-order chi connectivity index (χ0) is 11.1. The SMILES string of the molecule is COCC(CCCl)NCc1ccn(C)n1. The summed E-state index contributed by atoms with van der Waals surface area (Å²) in [5, 5.41) is 7.65. The fraction of sp³-hybridized carbons (Fsp3) is 0.700. The molecule has 15 heavy (non-hydrogen) atoms. The number of nitrogens with zero attached hydrogens (tertiary/aromatic N) is 2. The van der Waals surface area contributed by atoms with Crippen molar-refractivity contribution in [3.63, 3.8) is 0 Å². The predicted octanol–water partition coefficient (Wildman–Crippen LogP) is 1.15. The maximum absolute atomic E-state index is 5.70. The number of ether oxygens (including phenoxy) is 1. The quantitative estimate of drug-likeness (QED) is 0.716. The Morgan fingerprint density at radius 2 is 2.47 bits per heavy atom. The predicted molar refractivity (Wildman–Crippen MR) is 61.0 cm³/mol. The number of rotatable bonds is 7. The van der Waals surface area contributed by atoms with Crippen LogP contribution in [0, 0.1) is 0 Å². The van der Waals surface area contributed by atoms with E-state index in [1.54, 1.807) is 11.8 Å². The number of halogens is 1. The molecule has 1 rings (SSSR count). The molecule has 0 aliphatic rings. The molecule has 0 aliphatic heterocycles. The van der Waals surface area contributed by atoms with Crippen LogP contribution in [0.2, 0.25) is 0 Å². The number of aryl methyl sites for hydroxylation is 1. The van der Waals surface area contributed by atoms with Crippen LogP contribution >= 0.6 is 11.6 Å². The molecule has 5 heteroatoms. The molecular formula is C10H18ClN3O. The van der Waals surface area contributed by atoms with E-state index in [2.05, 4.69) is 10.4 Å². The van der Waals surface area contributed by atoms with E-state index in [9.17, 15) is 0 Å². The van der Waals surface area contributed by atoms with Gasteiger partial charge in [0.05, 0.1) is 12.3 Å². The summed E-state index contributed by atoms with van der Waals surface area (Å²) in [6.07, 6.45) is 2.84. The van der Waals surface area contributed by atoms with Crippen molar-refractivity contribution < 1.29 is 4.74 Å². The van der Waals surface area contributed by atoms with Crippen molar-refractivity contribution in [2.75, 3.05) is 19.6 Å². The van der Waals surface area contributed by atoms with Crippen LogP contribution in [0.3, 0.4) is 0 Å². The van der Waals surface area contributed by atoms with Crippen LogP contribution in [-0.2, 0) is 18.3 Å². The minimum absolute atomic E-state index is 0.300. The lowest BCUT2D eigenvalue weighted by molar-refractivity contribution is 0.164. The van der Waals surface area contributed by atoms with Gasteiger partial charge in [0.2, 0.25) is 0 Å². The first-order valence-corrected chi connectivity index (χ1v) is 5.56. The Labute approximate surface area is 95.6 Å². The molecular weight excluding hydrogens is 214 g/mol. The number of alkyl halides is 1. The first-order chi connectivity index (χ1) is 7.26. The van der Waals surface area contributed by atoms with Gasteiger partial charge < -0.3 is 10.1 Å². The summed E-state index contributed by atoms with van der Waals surface area (Å²) >= 11 is 5.70. The normalized spacial score (nSPS) is 13.0. The third-order valence-electron chi connectivity index (χ3n) is 2.17. The van der Waals surface area contributed by atoms with Crippen molar-refractivity contribution in [3.8, 4) is 0 Å². The minimum Gasteiger partial charge on any atom is -0.383 e. The third kappa shape index (κ3) is 4.64. The van der Waals surface area contributed by atoms with Gasteiger partial charge in [-0.15, -0.1) is 11.6 Å². The topological polar surface area (TPSA) is 39.1 Å². The lowest BCUT2D eigenvalue weighted by Gasteiger charge is -2.15. The highest BCUT2D eigenvalue weighted by molar-refractivity contribution is 6.17. The first-order valence-electron chi connectivity index (χ1n) is 5.03. The van der Waals surface area contributed by atoms with E-state index < -0.39 is 0 Å². The molecule has 1 unspecified atom stereocenters. The number of aromatic nitrogens is 2. The average Bonchev–Trinajstić information content (AvgIpc) is 2.61. The van der Waals surface area contributed by atoms with E-state index in [0.717, 1.165) is 18.7 Å². The standard InChI is InChI=1S/C10H18ClN3O/c1-14-6-4-9(13-14)7-12-10(3-5-11)8-15-2/h4,6,10,12H,3,5,7-8H2,1-2H3. The molecule has 0 bridgehead atoms. The minimum atomic E-state index is 0.300. The highest BCUT2D eigenvalue weighted by Crippen LogP contribution is 1.99. The molecule has 0 fully saturated rings. The molecule has 0 radical (unpaired) electrons. The van der Waals surface area contributed by atoms with Gasteiger partial charge >= 0.3 is 0 Å². The Hall–Kier alpha value is -0.580. The zero-order valence-electron chi connectivity index (χ0n) is 9.24. The second-order valence-electron chi connectivity index (χ2n) is 3.49. The molecule has 1 N–H and O–H groups in total. The fourth-order valence-electron chi connectivity index (χ4n) is 1.38. The summed E-state index contributed by atoms with van der Waals surface area (Å²) in [4.78, 5) is 0. The van der Waals surface area contributed by atoms with Gasteiger partial charge in [-0.3, -0.25) is 4.68 Å². The van der Waals surface area contributed by atoms with Gasteiger partial charge in [0.15, 0.2) is 0 Å². The smallest absolute Gasteiger partial charge is 0.0762 e. The molecule has 0 aromatic carbocycles. The summed E-state index contributed by atoms with van der Waals surface area (Å²) in [5.74, 6) is 0.642. The number of hydrogen-bond acceptors (Lipinski definition) is 3. The Kier molecular flexibility index (Phi) is 5.68. The van der Waals surface area contributed by atoms with Crippen LogP contribution in [0.25, 0.3) is 0 Å². The first kappa shape index (κ1) is 12.5. The largest absolute Gasteiger partial charge is 0.383 e. The van der Waals surface area contributed by atoms with Crippen LogP contribution < -0.4 is 5.32 Å². The van der Waals surface area contributed by atoms with Gasteiger partial charge in [-0.05, 0) is 12.5 Å². The average molecular weight is 232 g/mol. The Morgan fingerprint density at radius 1 is 1.67 bits per heavy atom. The lowest BCUT2D eigenvalue weighted by atomic mass is 10.2. The second kappa shape index (κ2) is 6.82. The van der Waals surface area contributed by atoms with Crippen molar-refractivity contribution in [2.24, 2.45) is 7.05 Å². The van der Waals surface area contributed by atoms with Gasteiger partial charge in [-0.25, -0.2) is 0 Å². The molecule has 0 aliphatic carbocycles. The molecule has 1 heterocycles. The molecule has 1 aromatic heterocycles. The van der Waals surface area contributed by atoms with Crippen LogP contribution in [0.1, 0.15) is 12.1 Å². The van der Waals surface area contributed by atoms with Crippen molar-refractivity contribution in [1.29, 1.82) is 0 Å². The molecule has 1 aromatic rings. The van der Waals surface area contributed by atoms with E-state index in [1.807, 2.05) is 19.3 Å². The molecule has 0 amide bonds.